The lowest BCUT2D eigenvalue weighted by molar-refractivity contribution is -0.139. The van der Waals surface area contributed by atoms with Crippen molar-refractivity contribution in [3.63, 3.8) is 0 Å². The second-order valence-corrected chi connectivity index (χ2v) is 35.9. The molecule has 9 aromatic carbocycles. The highest BCUT2D eigenvalue weighted by atomic mass is 32.2. The number of thioether (sulfide) groups is 3. The van der Waals surface area contributed by atoms with E-state index in [2.05, 4.69) is 40.5 Å². The van der Waals surface area contributed by atoms with Crippen LogP contribution in [0.2, 0.25) is 0 Å². The fourth-order valence-corrected chi connectivity index (χ4v) is 15.9. The zero-order valence-electron chi connectivity index (χ0n) is 77.9. The topological polar surface area (TPSA) is 237 Å². The fraction of sp³-hybridized carbons (Fsp3) is 0.378. The molecule has 0 radical (unpaired) electrons. The van der Waals surface area contributed by atoms with Gasteiger partial charge >= 0.3 is 53.7 Å². The van der Waals surface area contributed by atoms with Crippen LogP contribution in [0.3, 0.4) is 0 Å². The number of unbranched alkanes of at least 4 members (excludes halogenated alkanes) is 21. The third-order valence-electron chi connectivity index (χ3n) is 20.9. The average Bonchev–Trinajstić information content (AvgIpc) is 0.857. The van der Waals surface area contributed by atoms with Gasteiger partial charge in [0.15, 0.2) is 0 Å². The summed E-state index contributed by atoms with van der Waals surface area (Å²) in [6, 6.07) is 63.7. The van der Waals surface area contributed by atoms with Gasteiger partial charge in [0.1, 0.15) is 34.5 Å². The Kier molecular flexibility index (Phi) is 51.7. The molecule has 702 valence electrons. The predicted octanol–water partition coefficient (Wildman–Crippen LogP) is 28.2. The molecule has 132 heavy (non-hydrogen) atoms. The third kappa shape index (κ3) is 44.1. The first-order chi connectivity index (χ1) is 64.1. The molecule has 0 N–H and O–H groups in total. The van der Waals surface area contributed by atoms with Crippen LogP contribution < -0.4 is 28.4 Å². The van der Waals surface area contributed by atoms with Crippen LogP contribution >= 0.6 is 35.3 Å². The zero-order valence-corrected chi connectivity index (χ0v) is 80.4. The minimum atomic E-state index is -0.479. The summed E-state index contributed by atoms with van der Waals surface area (Å²) in [5.74, 6) is 1.21. The molecule has 0 unspecified atom stereocenters. The molecule has 18 nitrogen and oxygen atoms in total. The van der Waals surface area contributed by atoms with Crippen molar-refractivity contribution in [1.29, 1.82) is 0 Å². The van der Waals surface area contributed by atoms with E-state index in [4.69, 9.17) is 42.6 Å². The van der Waals surface area contributed by atoms with Crippen LogP contribution in [0.1, 0.15) is 294 Å². The lowest BCUT2D eigenvalue weighted by Crippen LogP contribution is -2.10. The molecule has 0 amide bonds. The molecular weight excluding hydrogens is 1720 g/mol. The van der Waals surface area contributed by atoms with Crippen LogP contribution in [0.15, 0.2) is 270 Å². The van der Waals surface area contributed by atoms with Crippen LogP contribution in [0.5, 0.6) is 34.5 Å². The molecule has 0 aliphatic carbocycles. The van der Waals surface area contributed by atoms with Gasteiger partial charge in [-0.3, -0.25) is 0 Å². The smallest absolute Gasteiger partial charge is 0.343 e. The van der Waals surface area contributed by atoms with Gasteiger partial charge in [-0.2, -0.15) is 0 Å². The molecular formula is C111H132O18S3. The number of aryl methyl sites for hydroxylation is 3. The molecule has 0 saturated carbocycles. The number of esters is 9. The van der Waals surface area contributed by atoms with Crippen molar-refractivity contribution in [1.82, 2.24) is 0 Å². The normalized spacial score (nSPS) is 10.7. The van der Waals surface area contributed by atoms with Crippen molar-refractivity contribution in [2.45, 2.75) is 249 Å². The van der Waals surface area contributed by atoms with E-state index in [0.717, 1.165) is 89.7 Å². The molecule has 9 rings (SSSR count). The Morgan fingerprint density at radius 2 is 0.394 bits per heavy atom. The van der Waals surface area contributed by atoms with Crippen LogP contribution in [-0.4, -0.2) is 90.8 Å². The lowest BCUT2D eigenvalue weighted by Gasteiger charge is -2.08. The maximum Gasteiger partial charge on any atom is 0.343 e. The maximum atomic E-state index is 12.6. The van der Waals surface area contributed by atoms with E-state index in [0.29, 0.717) is 104 Å². The first-order valence-corrected chi connectivity index (χ1v) is 49.6. The molecule has 0 aliphatic heterocycles. The van der Waals surface area contributed by atoms with Crippen molar-refractivity contribution in [3.05, 3.63) is 305 Å². The highest BCUT2D eigenvalue weighted by Crippen LogP contribution is 2.29. The van der Waals surface area contributed by atoms with Gasteiger partial charge in [-0.05, 0) is 314 Å². The van der Waals surface area contributed by atoms with Crippen molar-refractivity contribution in [2.24, 2.45) is 0 Å². The van der Waals surface area contributed by atoms with Gasteiger partial charge in [0, 0.05) is 31.4 Å². The number of carbonyl (C=O) groups is 9. The summed E-state index contributed by atoms with van der Waals surface area (Å²) in [7, 11) is 0. The van der Waals surface area contributed by atoms with Crippen LogP contribution in [0, 0.1) is 0 Å². The van der Waals surface area contributed by atoms with Crippen molar-refractivity contribution in [2.75, 3.05) is 37.1 Å². The van der Waals surface area contributed by atoms with Crippen LogP contribution in [-0.2, 0) is 47.9 Å². The summed E-state index contributed by atoms with van der Waals surface area (Å²) in [5.41, 5.74) is 7.34. The van der Waals surface area contributed by atoms with E-state index in [1.165, 1.54) is 152 Å². The Hall–Kier alpha value is -11.5. The standard InChI is InChI=1S/C38H46O6S.C37H44O6S.C36H42O6S/c1-4-5-6-7-8-9-10-11-14-30-15-21-33(22-16-30)43-37(40)31-17-23-34(24-18-31)44-38(41)32-19-25-35(26-20-32)45-28-13-12-27-42-36(39)29(2)3;1-4-5-6-7-8-9-10-13-29-14-20-32(21-15-29)42-36(39)30-16-22-33(23-17-30)43-37(40)31-18-24-34(25-19-31)44-27-12-11-26-41-35(38)28(2)3;1-4-5-6-7-8-9-12-28-13-19-31(20-14-28)41-35(38)29-15-21-32(22-16-29)42-36(39)30-17-23-33(24-18-30)43-26-11-10-25-40-34(37)27(2)3/h15-26H,2,4-14,27-28H2,1,3H3;14-25H,2,4-13,26-27H2,1,3H3;13-24H,2,4-12,25-26H2,1,3H3. The van der Waals surface area contributed by atoms with Crippen molar-refractivity contribution >= 4 is 89.0 Å². The lowest BCUT2D eigenvalue weighted by atomic mass is 10.0. The minimum Gasteiger partial charge on any atom is -0.462 e. The molecule has 0 atom stereocenters. The highest BCUT2D eigenvalue weighted by Gasteiger charge is 2.19. The van der Waals surface area contributed by atoms with E-state index in [1.54, 1.807) is 165 Å². The molecule has 0 bridgehead atoms. The molecule has 21 heteroatoms. The monoisotopic (exact) mass is 1850 g/mol. The predicted molar refractivity (Wildman–Crippen MR) is 530 cm³/mol. The average molecular weight is 1850 g/mol. The van der Waals surface area contributed by atoms with Gasteiger partial charge in [-0.25, -0.2) is 43.2 Å². The van der Waals surface area contributed by atoms with Gasteiger partial charge in [-0.15, -0.1) is 35.3 Å². The van der Waals surface area contributed by atoms with E-state index in [-0.39, 0.29) is 17.9 Å². The number of ether oxygens (including phenoxy) is 9. The van der Waals surface area contributed by atoms with E-state index in [9.17, 15) is 43.2 Å². The van der Waals surface area contributed by atoms with Gasteiger partial charge in [0.25, 0.3) is 0 Å². The molecule has 0 saturated heterocycles. The maximum absolute atomic E-state index is 12.6. The van der Waals surface area contributed by atoms with Crippen LogP contribution in [0.4, 0.5) is 0 Å². The summed E-state index contributed by atoms with van der Waals surface area (Å²) in [6.45, 7) is 23.4. The van der Waals surface area contributed by atoms with Gasteiger partial charge in [0.05, 0.1) is 53.2 Å². The second-order valence-electron chi connectivity index (χ2n) is 32.4. The van der Waals surface area contributed by atoms with Crippen molar-refractivity contribution < 1.29 is 85.8 Å². The molecule has 0 spiro atoms. The van der Waals surface area contributed by atoms with Gasteiger partial charge < -0.3 is 42.6 Å². The van der Waals surface area contributed by atoms with E-state index < -0.39 is 35.8 Å². The summed E-state index contributed by atoms with van der Waals surface area (Å²) in [5, 5.41) is 0. The molecule has 0 heterocycles. The SMILES string of the molecule is C=C(C)C(=O)OCCCCSc1ccc(C(=O)Oc2ccc(C(=O)Oc3ccc(CCCCCCCC)cc3)cc2)cc1.C=C(C)C(=O)OCCCCSc1ccc(C(=O)Oc2ccc(C(=O)Oc3ccc(CCCCCCCCC)cc3)cc2)cc1.C=C(C)C(=O)OCCCCSc1ccc(C(=O)Oc2ccc(C(=O)Oc3ccc(CCCCCCCCCC)cc3)cc2)cc1. The second kappa shape index (κ2) is 63.5. The first kappa shape index (κ1) is 108. The third-order valence-corrected chi connectivity index (χ3v) is 24.2. The van der Waals surface area contributed by atoms with E-state index >= 15 is 0 Å². The Balaban J connectivity index is 0.000000271. The summed E-state index contributed by atoms with van der Waals surface area (Å²) >= 11 is 5.00. The number of hydrogen-bond acceptors (Lipinski definition) is 21. The summed E-state index contributed by atoms with van der Waals surface area (Å²) < 4.78 is 48.3. The number of rotatable bonds is 57. The Morgan fingerprint density at radius 3 is 0.583 bits per heavy atom. The fourth-order valence-electron chi connectivity index (χ4n) is 13.1. The molecule has 0 fully saturated rings. The minimum absolute atomic E-state index is 0.339. The van der Waals surface area contributed by atoms with Gasteiger partial charge in [-0.1, -0.05) is 192 Å². The Bertz CT molecular complexity index is 4990. The quantitative estimate of drug-likeness (QED) is 0.00860. The number of benzene rings is 9. The van der Waals surface area contributed by atoms with Crippen LogP contribution in [0.25, 0.3) is 0 Å². The molecule has 0 aromatic heterocycles. The number of hydrogen-bond donors (Lipinski definition) is 0. The number of carbonyl (C=O) groups excluding carboxylic acids is 9. The van der Waals surface area contributed by atoms with E-state index in [1.807, 2.05) is 109 Å². The van der Waals surface area contributed by atoms with Gasteiger partial charge in [0.2, 0.25) is 0 Å². The Labute approximate surface area is 794 Å². The molecule has 9 aromatic rings. The Morgan fingerprint density at radius 1 is 0.220 bits per heavy atom. The highest BCUT2D eigenvalue weighted by molar-refractivity contribution is 7.99. The molecule has 0 aliphatic rings. The van der Waals surface area contributed by atoms with Crippen molar-refractivity contribution in [3.8, 4) is 34.5 Å². The summed E-state index contributed by atoms with van der Waals surface area (Å²) in [4.78, 5) is 113. The first-order valence-electron chi connectivity index (χ1n) is 46.6. The summed E-state index contributed by atoms with van der Waals surface area (Å²) in [6.07, 6.45) is 35.0. The largest absolute Gasteiger partial charge is 0.462 e. The zero-order chi connectivity index (χ0) is 94.7.